The largest absolute Gasteiger partial charge is 0.355 e. The number of nitrogens with one attached hydrogen (secondary N) is 1. The standard InChI is InChI=1S/C10H16N4O4S2/c1-2-11-10-12-7-9(8-13-10)20(17,18)14-3-5-19(15,16)6-4-14/h7-8H,2-6H2,1H3,(H,11,12,13). The van der Waals surface area contributed by atoms with Crippen LogP contribution in [0.25, 0.3) is 0 Å². The van der Waals surface area contributed by atoms with E-state index >= 15 is 0 Å². The molecule has 1 aliphatic heterocycles. The lowest BCUT2D eigenvalue weighted by Crippen LogP contribution is -2.43. The Bertz CT molecular complexity index is 656. The zero-order valence-electron chi connectivity index (χ0n) is 11.0. The van der Waals surface area contributed by atoms with Gasteiger partial charge in [0, 0.05) is 19.6 Å². The molecule has 1 saturated heterocycles. The normalized spacial score (nSPS) is 19.6. The van der Waals surface area contributed by atoms with Gasteiger partial charge in [-0.3, -0.25) is 0 Å². The van der Waals surface area contributed by atoms with Crippen molar-refractivity contribution in [1.29, 1.82) is 0 Å². The summed E-state index contributed by atoms with van der Waals surface area (Å²) < 4.78 is 48.4. The summed E-state index contributed by atoms with van der Waals surface area (Å²) in [5.41, 5.74) is 0. The van der Waals surface area contributed by atoms with E-state index in [-0.39, 0.29) is 29.5 Å². The van der Waals surface area contributed by atoms with Crippen molar-refractivity contribution in [2.24, 2.45) is 0 Å². The van der Waals surface area contributed by atoms with Crippen molar-refractivity contribution in [3.05, 3.63) is 12.4 Å². The third-order valence-corrected chi connectivity index (χ3v) is 6.36. The highest BCUT2D eigenvalue weighted by Crippen LogP contribution is 2.17. The minimum absolute atomic E-state index is 0.0281. The Hall–Kier alpha value is -1.26. The van der Waals surface area contributed by atoms with E-state index in [0.717, 1.165) is 4.31 Å². The van der Waals surface area contributed by atoms with Gasteiger partial charge in [0.25, 0.3) is 0 Å². The smallest absolute Gasteiger partial charge is 0.246 e. The van der Waals surface area contributed by atoms with Crippen molar-refractivity contribution in [1.82, 2.24) is 14.3 Å². The van der Waals surface area contributed by atoms with Gasteiger partial charge in [-0.25, -0.2) is 26.8 Å². The maximum Gasteiger partial charge on any atom is 0.246 e. The fraction of sp³-hybridized carbons (Fsp3) is 0.600. The molecule has 0 aromatic carbocycles. The second-order valence-corrected chi connectivity index (χ2v) is 8.57. The fourth-order valence-electron chi connectivity index (χ4n) is 1.78. The van der Waals surface area contributed by atoms with Crippen LogP contribution in [0, 0.1) is 0 Å². The Morgan fingerprint density at radius 2 is 1.80 bits per heavy atom. The molecule has 0 amide bonds. The van der Waals surface area contributed by atoms with Gasteiger partial charge in [0.2, 0.25) is 16.0 Å². The van der Waals surface area contributed by atoms with Crippen LogP contribution in [0.1, 0.15) is 6.92 Å². The molecule has 0 atom stereocenters. The molecule has 1 aromatic heterocycles. The number of rotatable bonds is 4. The van der Waals surface area contributed by atoms with Crippen LogP contribution >= 0.6 is 0 Å². The maximum absolute atomic E-state index is 12.3. The molecule has 8 nitrogen and oxygen atoms in total. The van der Waals surface area contributed by atoms with Crippen molar-refractivity contribution in [3.63, 3.8) is 0 Å². The molecular formula is C10H16N4O4S2. The minimum Gasteiger partial charge on any atom is -0.355 e. The lowest BCUT2D eigenvalue weighted by atomic mass is 10.6. The Balaban J connectivity index is 2.18. The van der Waals surface area contributed by atoms with Crippen LogP contribution < -0.4 is 5.32 Å². The van der Waals surface area contributed by atoms with Crippen LogP contribution in [0.15, 0.2) is 17.3 Å². The van der Waals surface area contributed by atoms with Gasteiger partial charge in [0.15, 0.2) is 9.84 Å². The Morgan fingerprint density at radius 3 is 2.30 bits per heavy atom. The van der Waals surface area contributed by atoms with E-state index < -0.39 is 19.9 Å². The van der Waals surface area contributed by atoms with Crippen LogP contribution in [0.4, 0.5) is 5.95 Å². The van der Waals surface area contributed by atoms with Gasteiger partial charge in [0.1, 0.15) is 4.90 Å². The molecule has 0 bridgehead atoms. The van der Waals surface area contributed by atoms with Crippen molar-refractivity contribution in [2.45, 2.75) is 11.8 Å². The summed E-state index contributed by atoms with van der Waals surface area (Å²) in [5, 5.41) is 2.87. The first kappa shape index (κ1) is 15.1. The fourth-order valence-corrected chi connectivity index (χ4v) is 4.55. The molecule has 0 saturated carbocycles. The van der Waals surface area contributed by atoms with Crippen molar-refractivity contribution < 1.29 is 16.8 Å². The molecule has 0 aliphatic carbocycles. The highest BCUT2D eigenvalue weighted by molar-refractivity contribution is 7.92. The van der Waals surface area contributed by atoms with E-state index in [1.807, 2.05) is 6.92 Å². The SMILES string of the molecule is CCNc1ncc(S(=O)(=O)N2CCS(=O)(=O)CC2)cn1. The molecule has 0 unspecified atom stereocenters. The summed E-state index contributed by atoms with van der Waals surface area (Å²) in [6.07, 6.45) is 2.45. The van der Waals surface area contributed by atoms with E-state index in [4.69, 9.17) is 0 Å². The van der Waals surface area contributed by atoms with Gasteiger partial charge >= 0.3 is 0 Å². The molecule has 112 valence electrons. The second kappa shape index (κ2) is 5.62. The summed E-state index contributed by atoms with van der Waals surface area (Å²) in [6, 6.07) is 0. The predicted octanol–water partition coefficient (Wildman–Crippen LogP) is -0.672. The molecule has 0 spiro atoms. The van der Waals surface area contributed by atoms with Crippen LogP contribution in [-0.4, -0.2) is 62.2 Å². The average molecular weight is 320 g/mol. The molecule has 1 N–H and O–H groups in total. The highest BCUT2D eigenvalue weighted by Gasteiger charge is 2.31. The van der Waals surface area contributed by atoms with Gasteiger partial charge < -0.3 is 5.32 Å². The average Bonchev–Trinajstić information content (AvgIpc) is 2.39. The first-order chi connectivity index (χ1) is 9.35. The number of nitrogens with zero attached hydrogens (tertiary/aromatic N) is 3. The number of sulfone groups is 1. The Labute approximate surface area is 118 Å². The van der Waals surface area contributed by atoms with E-state index in [1.54, 1.807) is 0 Å². The topological polar surface area (TPSA) is 109 Å². The summed E-state index contributed by atoms with van der Waals surface area (Å²) in [7, 11) is -6.85. The van der Waals surface area contributed by atoms with Gasteiger partial charge in [-0.2, -0.15) is 4.31 Å². The van der Waals surface area contributed by atoms with Crippen LogP contribution in [-0.2, 0) is 19.9 Å². The first-order valence-corrected chi connectivity index (χ1v) is 9.38. The van der Waals surface area contributed by atoms with E-state index in [1.165, 1.54) is 12.4 Å². The van der Waals surface area contributed by atoms with Crippen LogP contribution in [0.3, 0.4) is 0 Å². The zero-order chi connectivity index (χ0) is 14.8. The van der Waals surface area contributed by atoms with E-state index in [0.29, 0.717) is 12.5 Å². The Kier molecular flexibility index (Phi) is 4.25. The third kappa shape index (κ3) is 3.25. The summed E-state index contributed by atoms with van der Waals surface area (Å²) in [6.45, 7) is 2.46. The van der Waals surface area contributed by atoms with Gasteiger partial charge in [-0.1, -0.05) is 0 Å². The lowest BCUT2D eigenvalue weighted by molar-refractivity contribution is 0.430. The van der Waals surface area contributed by atoms with Crippen molar-refractivity contribution >= 4 is 25.8 Å². The molecule has 2 heterocycles. The predicted molar refractivity (Wildman–Crippen MR) is 73.6 cm³/mol. The zero-order valence-corrected chi connectivity index (χ0v) is 12.6. The van der Waals surface area contributed by atoms with Crippen LogP contribution in [0.5, 0.6) is 0 Å². The molecule has 1 aromatic rings. The molecule has 2 rings (SSSR count). The van der Waals surface area contributed by atoms with Gasteiger partial charge in [-0.15, -0.1) is 0 Å². The number of sulfonamides is 1. The minimum atomic E-state index is -3.73. The molecule has 1 aliphatic rings. The summed E-state index contributed by atoms with van der Waals surface area (Å²) >= 11 is 0. The molecule has 20 heavy (non-hydrogen) atoms. The van der Waals surface area contributed by atoms with E-state index in [2.05, 4.69) is 15.3 Å². The molecule has 10 heteroatoms. The monoisotopic (exact) mass is 320 g/mol. The molecule has 1 fully saturated rings. The number of hydrogen-bond acceptors (Lipinski definition) is 7. The maximum atomic E-state index is 12.3. The highest BCUT2D eigenvalue weighted by atomic mass is 32.2. The van der Waals surface area contributed by atoms with Gasteiger partial charge in [-0.05, 0) is 6.92 Å². The molecular weight excluding hydrogens is 304 g/mol. The third-order valence-electron chi connectivity index (χ3n) is 2.90. The molecule has 0 radical (unpaired) electrons. The summed E-state index contributed by atoms with van der Waals surface area (Å²) in [4.78, 5) is 7.79. The number of hydrogen-bond donors (Lipinski definition) is 1. The number of aromatic nitrogens is 2. The first-order valence-electron chi connectivity index (χ1n) is 6.11. The number of anilines is 1. The quantitative estimate of drug-likeness (QED) is 0.783. The van der Waals surface area contributed by atoms with E-state index in [9.17, 15) is 16.8 Å². The second-order valence-electron chi connectivity index (χ2n) is 4.33. The van der Waals surface area contributed by atoms with Crippen molar-refractivity contribution in [2.75, 3.05) is 36.5 Å². The van der Waals surface area contributed by atoms with Crippen LogP contribution in [0.2, 0.25) is 0 Å². The summed E-state index contributed by atoms with van der Waals surface area (Å²) in [5.74, 6) is 0.0539. The lowest BCUT2D eigenvalue weighted by Gasteiger charge is -2.25. The Morgan fingerprint density at radius 1 is 1.25 bits per heavy atom. The van der Waals surface area contributed by atoms with Crippen molar-refractivity contribution in [3.8, 4) is 0 Å². The van der Waals surface area contributed by atoms with Gasteiger partial charge in [0.05, 0.1) is 23.9 Å².